The molecule has 0 aliphatic carbocycles. The summed E-state index contributed by atoms with van der Waals surface area (Å²) in [6.45, 7) is 0. The number of hydrogen-bond acceptors (Lipinski definition) is 5. The number of aliphatic carboxylic acids is 1. The molecule has 2 aromatic carbocycles. The standard InChI is InChI=1S/C22H14ClNO4S2/c23-15-8-4-7-14(11-15)17-10-9-16(28-17)12-18-20(25)24(22(29)30-18)19(21(26)27)13-5-2-1-3-6-13/h1-12,19H,(H,26,27)/b18-12-/t19-/m1/s1. The molecule has 1 aliphatic heterocycles. The fourth-order valence-electron chi connectivity index (χ4n) is 3.10. The first-order chi connectivity index (χ1) is 14.4. The van der Waals surface area contributed by atoms with Crippen LogP contribution in [0.2, 0.25) is 5.02 Å². The SMILES string of the molecule is O=C(O)[C@@H](c1ccccc1)N1C(=O)/C(=C/c2ccc(-c3cccc(Cl)c3)o2)SC1=S. The van der Waals surface area contributed by atoms with Gasteiger partial charge in [-0.1, -0.05) is 78.0 Å². The van der Waals surface area contributed by atoms with Crippen molar-refractivity contribution < 1.29 is 19.1 Å². The van der Waals surface area contributed by atoms with Gasteiger partial charge in [-0.2, -0.15) is 0 Å². The van der Waals surface area contributed by atoms with Crippen LogP contribution in [0.3, 0.4) is 0 Å². The Bertz CT molecular complexity index is 1170. The first-order valence-electron chi connectivity index (χ1n) is 8.84. The molecule has 8 heteroatoms. The van der Waals surface area contributed by atoms with E-state index in [1.165, 1.54) is 0 Å². The topological polar surface area (TPSA) is 70.8 Å². The summed E-state index contributed by atoms with van der Waals surface area (Å²) in [4.78, 5) is 26.3. The minimum absolute atomic E-state index is 0.184. The van der Waals surface area contributed by atoms with E-state index in [0.29, 0.717) is 27.0 Å². The van der Waals surface area contributed by atoms with E-state index in [1.54, 1.807) is 60.7 Å². The first-order valence-corrected chi connectivity index (χ1v) is 10.4. The Kier molecular flexibility index (Phi) is 5.76. The average molecular weight is 456 g/mol. The van der Waals surface area contributed by atoms with E-state index in [0.717, 1.165) is 22.2 Å². The second kappa shape index (κ2) is 8.47. The van der Waals surface area contributed by atoms with Crippen molar-refractivity contribution in [3.05, 3.63) is 88.0 Å². The van der Waals surface area contributed by atoms with Crippen molar-refractivity contribution >= 4 is 57.9 Å². The summed E-state index contributed by atoms with van der Waals surface area (Å²) >= 11 is 12.4. The zero-order valence-electron chi connectivity index (χ0n) is 15.3. The maximum absolute atomic E-state index is 13.0. The molecule has 1 aromatic heterocycles. The largest absolute Gasteiger partial charge is 0.479 e. The molecule has 1 amide bonds. The predicted molar refractivity (Wildman–Crippen MR) is 121 cm³/mol. The third-order valence-electron chi connectivity index (χ3n) is 4.44. The number of halogens is 1. The van der Waals surface area contributed by atoms with Crippen LogP contribution in [0, 0.1) is 0 Å². The van der Waals surface area contributed by atoms with E-state index in [1.807, 2.05) is 12.1 Å². The van der Waals surface area contributed by atoms with Crippen molar-refractivity contribution in [2.45, 2.75) is 6.04 Å². The van der Waals surface area contributed by atoms with Crippen LogP contribution in [-0.4, -0.2) is 26.2 Å². The number of carbonyl (C=O) groups excluding carboxylic acids is 1. The third kappa shape index (κ3) is 4.05. The number of rotatable bonds is 5. The zero-order valence-corrected chi connectivity index (χ0v) is 17.7. The summed E-state index contributed by atoms with van der Waals surface area (Å²) < 4.78 is 6.00. The predicted octanol–water partition coefficient (Wildman–Crippen LogP) is 5.63. The molecule has 1 fully saturated rings. The number of amides is 1. The number of furan rings is 1. The molecule has 1 atom stereocenters. The van der Waals surface area contributed by atoms with Gasteiger partial charge in [0.15, 0.2) is 6.04 Å². The van der Waals surface area contributed by atoms with Crippen LogP contribution >= 0.6 is 35.6 Å². The maximum Gasteiger partial charge on any atom is 0.331 e. The Balaban J connectivity index is 1.63. The first kappa shape index (κ1) is 20.4. The Morgan fingerprint density at radius 3 is 2.60 bits per heavy atom. The normalized spacial score (nSPS) is 16.3. The highest BCUT2D eigenvalue weighted by molar-refractivity contribution is 8.26. The quantitative estimate of drug-likeness (QED) is 0.397. The molecular formula is C22H14ClNO4S2. The van der Waals surface area contributed by atoms with Crippen LogP contribution in [0.4, 0.5) is 0 Å². The van der Waals surface area contributed by atoms with E-state index in [9.17, 15) is 14.7 Å². The van der Waals surface area contributed by atoms with Crippen LogP contribution in [0.5, 0.6) is 0 Å². The summed E-state index contributed by atoms with van der Waals surface area (Å²) in [7, 11) is 0. The van der Waals surface area contributed by atoms with Crippen LogP contribution < -0.4 is 0 Å². The van der Waals surface area contributed by atoms with Gasteiger partial charge >= 0.3 is 5.97 Å². The van der Waals surface area contributed by atoms with Gasteiger partial charge in [0, 0.05) is 16.7 Å². The number of nitrogens with zero attached hydrogens (tertiary/aromatic N) is 1. The van der Waals surface area contributed by atoms with E-state index in [4.69, 9.17) is 28.2 Å². The Morgan fingerprint density at radius 2 is 1.90 bits per heavy atom. The molecule has 150 valence electrons. The average Bonchev–Trinajstić information content (AvgIpc) is 3.29. The highest BCUT2D eigenvalue weighted by Gasteiger charge is 2.41. The molecule has 3 aromatic rings. The second-order valence-electron chi connectivity index (χ2n) is 6.42. The molecule has 5 nitrogen and oxygen atoms in total. The summed E-state index contributed by atoms with van der Waals surface area (Å²) in [5.41, 5.74) is 1.29. The highest BCUT2D eigenvalue weighted by Crippen LogP contribution is 2.39. The van der Waals surface area contributed by atoms with Crippen molar-refractivity contribution in [1.82, 2.24) is 4.90 Å². The number of carboxylic acids is 1. The summed E-state index contributed by atoms with van der Waals surface area (Å²) in [6.07, 6.45) is 1.57. The van der Waals surface area contributed by atoms with Crippen LogP contribution in [0.15, 0.2) is 76.1 Å². The minimum Gasteiger partial charge on any atom is -0.479 e. The molecule has 1 aliphatic rings. The molecule has 0 bridgehead atoms. The van der Waals surface area contributed by atoms with Crippen LogP contribution in [-0.2, 0) is 9.59 Å². The van der Waals surface area contributed by atoms with E-state index in [-0.39, 0.29) is 4.32 Å². The summed E-state index contributed by atoms with van der Waals surface area (Å²) in [5, 5.41) is 10.3. The maximum atomic E-state index is 13.0. The lowest BCUT2D eigenvalue weighted by Gasteiger charge is -2.23. The Hall–Kier alpha value is -2.87. The van der Waals surface area contributed by atoms with Crippen molar-refractivity contribution in [2.24, 2.45) is 0 Å². The van der Waals surface area contributed by atoms with Crippen molar-refractivity contribution in [3.8, 4) is 11.3 Å². The number of carboxylic acid groups (broad SMARTS) is 1. The highest BCUT2D eigenvalue weighted by atomic mass is 35.5. The number of hydrogen-bond donors (Lipinski definition) is 1. The zero-order chi connectivity index (χ0) is 21.3. The lowest BCUT2D eigenvalue weighted by molar-refractivity contribution is -0.145. The lowest BCUT2D eigenvalue weighted by atomic mass is 10.1. The fourth-order valence-corrected chi connectivity index (χ4v) is 4.58. The van der Waals surface area contributed by atoms with E-state index >= 15 is 0 Å². The lowest BCUT2D eigenvalue weighted by Crippen LogP contribution is -2.37. The molecule has 1 N–H and O–H groups in total. The Morgan fingerprint density at radius 1 is 1.13 bits per heavy atom. The van der Waals surface area contributed by atoms with Gasteiger partial charge in [-0.25, -0.2) is 4.79 Å². The number of benzene rings is 2. The summed E-state index contributed by atoms with van der Waals surface area (Å²) in [6, 6.07) is 18.1. The number of thiocarbonyl (C=S) groups is 1. The molecule has 0 unspecified atom stereocenters. The van der Waals surface area contributed by atoms with Gasteiger partial charge in [0.05, 0.1) is 4.91 Å². The van der Waals surface area contributed by atoms with Crippen molar-refractivity contribution in [2.75, 3.05) is 0 Å². The molecule has 30 heavy (non-hydrogen) atoms. The van der Waals surface area contributed by atoms with Crippen molar-refractivity contribution in [1.29, 1.82) is 0 Å². The van der Waals surface area contributed by atoms with E-state index < -0.39 is 17.9 Å². The third-order valence-corrected chi connectivity index (χ3v) is 6.01. The summed E-state index contributed by atoms with van der Waals surface area (Å²) in [5.74, 6) is -0.564. The van der Waals surface area contributed by atoms with Crippen molar-refractivity contribution in [3.63, 3.8) is 0 Å². The number of thioether (sulfide) groups is 1. The van der Waals surface area contributed by atoms with Gasteiger partial charge in [-0.05, 0) is 29.8 Å². The van der Waals surface area contributed by atoms with Gasteiger partial charge in [0.25, 0.3) is 5.91 Å². The van der Waals surface area contributed by atoms with Crippen LogP contribution in [0.1, 0.15) is 17.4 Å². The molecule has 0 radical (unpaired) electrons. The van der Waals surface area contributed by atoms with E-state index in [2.05, 4.69) is 0 Å². The van der Waals surface area contributed by atoms with Gasteiger partial charge in [0.1, 0.15) is 15.8 Å². The molecule has 2 heterocycles. The molecule has 4 rings (SSSR count). The second-order valence-corrected chi connectivity index (χ2v) is 8.53. The molecule has 0 spiro atoms. The van der Waals surface area contributed by atoms with Gasteiger partial charge in [-0.3, -0.25) is 9.69 Å². The molecule has 1 saturated heterocycles. The van der Waals surface area contributed by atoms with Gasteiger partial charge < -0.3 is 9.52 Å². The van der Waals surface area contributed by atoms with Gasteiger partial charge in [0.2, 0.25) is 0 Å². The Labute approximate surface area is 186 Å². The minimum atomic E-state index is -1.19. The smallest absolute Gasteiger partial charge is 0.331 e. The van der Waals surface area contributed by atoms with Gasteiger partial charge in [-0.15, -0.1) is 0 Å². The molecule has 0 saturated carbocycles. The fraction of sp³-hybridized carbons (Fsp3) is 0.0455. The monoisotopic (exact) mass is 455 g/mol. The molecular weight excluding hydrogens is 442 g/mol. The van der Waals surface area contributed by atoms with Crippen LogP contribution in [0.25, 0.3) is 17.4 Å². The number of carbonyl (C=O) groups is 2.